The van der Waals surface area contributed by atoms with Crippen LogP contribution in [0.4, 0.5) is 0 Å². The Morgan fingerprint density at radius 1 is 1.16 bits per heavy atom. The molecule has 0 aliphatic carbocycles. The van der Waals surface area contributed by atoms with Crippen LogP contribution in [0, 0.1) is 0 Å². The molecule has 1 aromatic carbocycles. The van der Waals surface area contributed by atoms with Crippen LogP contribution < -0.4 is 14.8 Å². The predicted molar refractivity (Wildman–Crippen MR) is 72.3 cm³/mol. The van der Waals surface area contributed by atoms with E-state index in [1.165, 1.54) is 5.56 Å². The molecule has 0 saturated carbocycles. The fourth-order valence-corrected chi connectivity index (χ4v) is 2.03. The highest BCUT2D eigenvalue weighted by Gasteiger charge is 2.20. The van der Waals surface area contributed by atoms with Gasteiger partial charge in [0.1, 0.15) is 12.7 Å². The molecule has 0 saturated heterocycles. The van der Waals surface area contributed by atoms with Gasteiger partial charge in [-0.25, -0.2) is 4.98 Å². The predicted octanol–water partition coefficient (Wildman–Crippen LogP) is 2.01. The van der Waals surface area contributed by atoms with Crippen LogP contribution in [0.3, 0.4) is 0 Å². The Morgan fingerprint density at radius 3 is 2.95 bits per heavy atom. The highest BCUT2D eigenvalue weighted by Crippen LogP contribution is 2.28. The largest absolute Gasteiger partial charge is 0.480 e. The molecule has 1 aromatic heterocycles. The number of hydrogen-bond acceptors (Lipinski definition) is 4. The summed E-state index contributed by atoms with van der Waals surface area (Å²) < 4.78 is 11.4. The number of fused-ring (bicyclic) bond motifs is 1. The Labute approximate surface area is 112 Å². The molecule has 2 aromatic rings. The minimum atomic E-state index is 0.0282. The van der Waals surface area contributed by atoms with Gasteiger partial charge in [0.15, 0.2) is 5.75 Å². The normalized spacial score (nSPS) is 17.2. The summed E-state index contributed by atoms with van der Waals surface area (Å²) in [5, 5.41) is 3.38. The third kappa shape index (κ3) is 3.03. The van der Waals surface area contributed by atoms with Crippen molar-refractivity contribution in [1.82, 2.24) is 10.3 Å². The fourth-order valence-electron chi connectivity index (χ4n) is 2.03. The van der Waals surface area contributed by atoms with Crippen LogP contribution in [0.2, 0.25) is 0 Å². The molecule has 0 amide bonds. The molecule has 0 radical (unpaired) electrons. The summed E-state index contributed by atoms with van der Waals surface area (Å²) in [6.45, 7) is 2.12. The van der Waals surface area contributed by atoms with Gasteiger partial charge in [-0.3, -0.25) is 0 Å². The van der Waals surface area contributed by atoms with Crippen LogP contribution in [-0.4, -0.2) is 24.2 Å². The Balaban J connectivity index is 1.50. The van der Waals surface area contributed by atoms with Crippen LogP contribution in [-0.2, 0) is 6.54 Å². The number of hydrogen-bond donors (Lipinski definition) is 1. The number of aromatic nitrogens is 1. The maximum atomic E-state index is 5.82. The molecular formula is C15H16N2O2. The Kier molecular flexibility index (Phi) is 3.61. The van der Waals surface area contributed by atoms with Gasteiger partial charge in [0.05, 0.1) is 0 Å². The molecule has 2 heterocycles. The first-order chi connectivity index (χ1) is 9.42. The summed E-state index contributed by atoms with van der Waals surface area (Å²) in [7, 11) is 0. The monoisotopic (exact) mass is 256 g/mol. The zero-order valence-electron chi connectivity index (χ0n) is 10.6. The van der Waals surface area contributed by atoms with Crippen molar-refractivity contribution in [2.75, 3.05) is 13.2 Å². The van der Waals surface area contributed by atoms with Gasteiger partial charge in [-0.2, -0.15) is 0 Å². The molecular weight excluding hydrogens is 240 g/mol. The third-order valence-corrected chi connectivity index (χ3v) is 2.98. The topological polar surface area (TPSA) is 43.4 Å². The molecule has 1 atom stereocenters. The van der Waals surface area contributed by atoms with Gasteiger partial charge in [-0.1, -0.05) is 30.3 Å². The maximum Gasteiger partial charge on any atom is 0.257 e. The first kappa shape index (κ1) is 12.0. The lowest BCUT2D eigenvalue weighted by atomic mass is 10.2. The van der Waals surface area contributed by atoms with Crippen molar-refractivity contribution in [2.24, 2.45) is 0 Å². The van der Waals surface area contributed by atoms with E-state index in [-0.39, 0.29) is 6.10 Å². The molecule has 0 bridgehead atoms. The van der Waals surface area contributed by atoms with Crippen molar-refractivity contribution in [1.29, 1.82) is 0 Å². The molecule has 1 aliphatic heterocycles. The van der Waals surface area contributed by atoms with Crippen molar-refractivity contribution in [3.8, 4) is 11.6 Å². The molecule has 0 fully saturated rings. The van der Waals surface area contributed by atoms with Gasteiger partial charge in [-0.15, -0.1) is 0 Å². The van der Waals surface area contributed by atoms with E-state index < -0.39 is 0 Å². The van der Waals surface area contributed by atoms with Crippen LogP contribution in [0.1, 0.15) is 5.56 Å². The summed E-state index contributed by atoms with van der Waals surface area (Å²) in [5.41, 5.74) is 1.27. The lowest BCUT2D eigenvalue weighted by molar-refractivity contribution is 0.0854. The molecule has 3 rings (SSSR count). The number of nitrogens with zero attached hydrogens (tertiary/aromatic N) is 1. The smallest absolute Gasteiger partial charge is 0.257 e. The lowest BCUT2D eigenvalue weighted by Crippen LogP contribution is -2.38. The molecule has 1 N–H and O–H groups in total. The Morgan fingerprint density at radius 2 is 2.05 bits per heavy atom. The highest BCUT2D eigenvalue weighted by atomic mass is 16.6. The minimum Gasteiger partial charge on any atom is -0.480 e. The van der Waals surface area contributed by atoms with Crippen molar-refractivity contribution in [3.63, 3.8) is 0 Å². The summed E-state index contributed by atoms with van der Waals surface area (Å²) in [6, 6.07) is 14.0. The molecule has 4 heteroatoms. The van der Waals surface area contributed by atoms with Crippen molar-refractivity contribution in [2.45, 2.75) is 12.6 Å². The molecule has 19 heavy (non-hydrogen) atoms. The second-order valence-corrected chi connectivity index (χ2v) is 4.47. The third-order valence-electron chi connectivity index (χ3n) is 2.98. The van der Waals surface area contributed by atoms with Crippen LogP contribution in [0.15, 0.2) is 48.7 Å². The Hall–Kier alpha value is -2.07. The highest BCUT2D eigenvalue weighted by molar-refractivity contribution is 5.34. The van der Waals surface area contributed by atoms with E-state index in [9.17, 15) is 0 Å². The number of benzene rings is 1. The van der Waals surface area contributed by atoms with E-state index in [2.05, 4.69) is 22.4 Å². The standard InChI is InChI=1S/C15H16N2O2/c1-2-5-12(6-3-1)9-16-10-13-11-18-15-14(19-13)7-4-8-17-15/h1-8,13,16H,9-11H2. The Bertz CT molecular complexity index is 531. The van der Waals surface area contributed by atoms with E-state index >= 15 is 0 Å². The summed E-state index contributed by atoms with van der Waals surface area (Å²) in [5.74, 6) is 1.31. The first-order valence-corrected chi connectivity index (χ1v) is 6.41. The van der Waals surface area contributed by atoms with Crippen LogP contribution in [0.25, 0.3) is 0 Å². The van der Waals surface area contributed by atoms with Gasteiger partial charge in [-0.05, 0) is 17.7 Å². The zero-order valence-corrected chi connectivity index (χ0v) is 10.6. The van der Waals surface area contributed by atoms with E-state index in [0.29, 0.717) is 12.5 Å². The second-order valence-electron chi connectivity index (χ2n) is 4.47. The average molecular weight is 256 g/mol. The number of ether oxygens (including phenoxy) is 2. The van der Waals surface area contributed by atoms with Gasteiger partial charge in [0, 0.05) is 19.3 Å². The molecule has 98 valence electrons. The summed E-state index contributed by atoms with van der Waals surface area (Å²) in [4.78, 5) is 4.11. The van der Waals surface area contributed by atoms with Crippen LogP contribution >= 0.6 is 0 Å². The molecule has 1 aliphatic rings. The average Bonchev–Trinajstić information content (AvgIpc) is 2.48. The molecule has 1 unspecified atom stereocenters. The maximum absolute atomic E-state index is 5.82. The molecule has 4 nitrogen and oxygen atoms in total. The quantitative estimate of drug-likeness (QED) is 0.908. The number of nitrogens with one attached hydrogen (secondary N) is 1. The number of pyridine rings is 1. The van der Waals surface area contributed by atoms with E-state index in [1.54, 1.807) is 6.20 Å². The second kappa shape index (κ2) is 5.71. The molecule has 0 spiro atoms. The van der Waals surface area contributed by atoms with Crippen molar-refractivity contribution in [3.05, 3.63) is 54.2 Å². The fraction of sp³-hybridized carbons (Fsp3) is 0.267. The van der Waals surface area contributed by atoms with Gasteiger partial charge in [0.25, 0.3) is 5.88 Å². The van der Waals surface area contributed by atoms with E-state index in [0.717, 1.165) is 18.8 Å². The van der Waals surface area contributed by atoms with Crippen LogP contribution in [0.5, 0.6) is 11.6 Å². The minimum absolute atomic E-state index is 0.0282. The zero-order chi connectivity index (χ0) is 12.9. The van der Waals surface area contributed by atoms with Gasteiger partial charge >= 0.3 is 0 Å². The first-order valence-electron chi connectivity index (χ1n) is 6.41. The van der Waals surface area contributed by atoms with Crippen molar-refractivity contribution >= 4 is 0 Å². The summed E-state index contributed by atoms with van der Waals surface area (Å²) in [6.07, 6.45) is 1.73. The summed E-state index contributed by atoms with van der Waals surface area (Å²) >= 11 is 0. The lowest BCUT2D eigenvalue weighted by Gasteiger charge is -2.25. The van der Waals surface area contributed by atoms with Crippen molar-refractivity contribution < 1.29 is 9.47 Å². The van der Waals surface area contributed by atoms with E-state index in [1.807, 2.05) is 30.3 Å². The number of rotatable bonds is 4. The van der Waals surface area contributed by atoms with Gasteiger partial charge in [0.2, 0.25) is 0 Å². The van der Waals surface area contributed by atoms with E-state index in [4.69, 9.17) is 9.47 Å². The SMILES string of the molecule is c1ccc(CNCC2COc3ncccc3O2)cc1. The van der Waals surface area contributed by atoms with Gasteiger partial charge < -0.3 is 14.8 Å².